The smallest absolute Gasteiger partial charge is 0.311 e. The Kier molecular flexibility index (Phi) is 4.19. The Bertz CT molecular complexity index is 318. The third-order valence-corrected chi connectivity index (χ3v) is 3.73. The Morgan fingerprint density at radius 1 is 1.28 bits per heavy atom. The number of carbonyl (C=O) groups excluding carboxylic acids is 1. The van der Waals surface area contributed by atoms with Crippen molar-refractivity contribution in [2.45, 2.75) is 31.8 Å². The van der Waals surface area contributed by atoms with E-state index < -0.39 is 17.5 Å². The van der Waals surface area contributed by atoms with Gasteiger partial charge >= 0.3 is 5.97 Å². The van der Waals surface area contributed by atoms with Crippen molar-refractivity contribution in [1.29, 1.82) is 0 Å². The van der Waals surface area contributed by atoms with Crippen LogP contribution in [-0.2, 0) is 19.1 Å². The van der Waals surface area contributed by atoms with Crippen LogP contribution in [0.5, 0.6) is 0 Å². The Labute approximate surface area is 106 Å². The van der Waals surface area contributed by atoms with Crippen molar-refractivity contribution in [2.75, 3.05) is 26.4 Å². The highest BCUT2D eigenvalue weighted by atomic mass is 16.5. The van der Waals surface area contributed by atoms with E-state index in [1.807, 2.05) is 0 Å². The summed E-state index contributed by atoms with van der Waals surface area (Å²) in [7, 11) is 0. The number of rotatable bonds is 4. The zero-order valence-electron chi connectivity index (χ0n) is 10.3. The maximum atomic E-state index is 11.8. The molecule has 0 radical (unpaired) electrons. The minimum atomic E-state index is -0.882. The van der Waals surface area contributed by atoms with Crippen molar-refractivity contribution >= 4 is 11.9 Å². The molecule has 6 heteroatoms. The fraction of sp³-hybridized carbons (Fsp3) is 0.833. The largest absolute Gasteiger partial charge is 0.481 e. The Morgan fingerprint density at radius 2 is 2.00 bits per heavy atom. The van der Waals surface area contributed by atoms with Crippen molar-refractivity contribution in [3.05, 3.63) is 0 Å². The topological polar surface area (TPSA) is 84.9 Å². The van der Waals surface area contributed by atoms with Gasteiger partial charge in [0.2, 0.25) is 5.91 Å². The molecule has 0 saturated carbocycles. The molecule has 1 atom stereocenters. The van der Waals surface area contributed by atoms with Crippen LogP contribution in [0.3, 0.4) is 0 Å². The molecule has 6 nitrogen and oxygen atoms in total. The summed E-state index contributed by atoms with van der Waals surface area (Å²) in [6.07, 6.45) is 2.07. The Morgan fingerprint density at radius 3 is 2.56 bits per heavy atom. The van der Waals surface area contributed by atoms with E-state index in [2.05, 4.69) is 5.32 Å². The number of ether oxygens (including phenoxy) is 2. The second-order valence-electron chi connectivity index (χ2n) is 4.92. The second-order valence-corrected chi connectivity index (χ2v) is 4.92. The van der Waals surface area contributed by atoms with Crippen molar-refractivity contribution < 1.29 is 24.2 Å². The van der Waals surface area contributed by atoms with Crippen LogP contribution in [0.15, 0.2) is 0 Å². The molecule has 2 heterocycles. The molecule has 2 N–H and O–H groups in total. The van der Waals surface area contributed by atoms with Gasteiger partial charge < -0.3 is 19.9 Å². The van der Waals surface area contributed by atoms with Gasteiger partial charge in [-0.3, -0.25) is 9.59 Å². The molecule has 2 aliphatic rings. The molecule has 0 unspecified atom stereocenters. The van der Waals surface area contributed by atoms with E-state index in [4.69, 9.17) is 9.47 Å². The first-order chi connectivity index (χ1) is 8.64. The molecule has 2 fully saturated rings. The van der Waals surface area contributed by atoms with Gasteiger partial charge in [-0.25, -0.2) is 0 Å². The minimum absolute atomic E-state index is 0.157. The van der Waals surface area contributed by atoms with Crippen LogP contribution in [0.2, 0.25) is 0 Å². The summed E-state index contributed by atoms with van der Waals surface area (Å²) in [5.74, 6) is -1.06. The van der Waals surface area contributed by atoms with Gasteiger partial charge in [-0.2, -0.15) is 0 Å². The van der Waals surface area contributed by atoms with Gasteiger partial charge in [0, 0.05) is 26.4 Å². The minimum Gasteiger partial charge on any atom is -0.481 e. The first-order valence-electron chi connectivity index (χ1n) is 6.34. The Hall–Kier alpha value is -1.14. The molecule has 0 aromatic heterocycles. The number of amides is 1. The lowest BCUT2D eigenvalue weighted by atomic mass is 9.80. The predicted molar refractivity (Wildman–Crippen MR) is 62.1 cm³/mol. The maximum Gasteiger partial charge on any atom is 0.311 e. The summed E-state index contributed by atoms with van der Waals surface area (Å²) in [6.45, 7) is 1.63. The summed E-state index contributed by atoms with van der Waals surface area (Å²) < 4.78 is 10.4. The average Bonchev–Trinajstić information content (AvgIpc) is 2.91. The monoisotopic (exact) mass is 257 g/mol. The number of nitrogens with one attached hydrogen (secondary N) is 1. The molecule has 0 aromatic rings. The molecule has 0 aliphatic carbocycles. The van der Waals surface area contributed by atoms with Gasteiger partial charge in [-0.15, -0.1) is 0 Å². The average molecular weight is 257 g/mol. The molecule has 2 saturated heterocycles. The van der Waals surface area contributed by atoms with Gasteiger partial charge in [0.15, 0.2) is 0 Å². The molecule has 0 aromatic carbocycles. The number of hydrogen-bond donors (Lipinski definition) is 2. The van der Waals surface area contributed by atoms with Crippen LogP contribution < -0.4 is 5.32 Å². The maximum absolute atomic E-state index is 11.8. The van der Waals surface area contributed by atoms with Crippen LogP contribution in [0.25, 0.3) is 0 Å². The van der Waals surface area contributed by atoms with Crippen molar-refractivity contribution in [3.63, 3.8) is 0 Å². The Balaban J connectivity index is 1.89. The zero-order chi connectivity index (χ0) is 13.0. The lowest BCUT2D eigenvalue weighted by Crippen LogP contribution is -2.48. The molecule has 2 aliphatic heterocycles. The number of aliphatic carboxylic acids is 1. The van der Waals surface area contributed by atoms with Gasteiger partial charge in [-0.1, -0.05) is 0 Å². The lowest BCUT2D eigenvalue weighted by molar-refractivity contribution is -0.155. The SMILES string of the molecule is O=C(NCC1(C(=O)O)CCOCC1)[C@H]1CCCO1. The highest BCUT2D eigenvalue weighted by Crippen LogP contribution is 2.30. The molecular weight excluding hydrogens is 238 g/mol. The van der Waals surface area contributed by atoms with E-state index in [-0.39, 0.29) is 12.5 Å². The number of carbonyl (C=O) groups is 2. The van der Waals surface area contributed by atoms with Gasteiger partial charge in [-0.05, 0) is 25.7 Å². The normalized spacial score (nSPS) is 26.8. The molecule has 0 spiro atoms. The van der Waals surface area contributed by atoms with E-state index in [1.54, 1.807) is 0 Å². The molecule has 1 amide bonds. The van der Waals surface area contributed by atoms with Gasteiger partial charge in [0.25, 0.3) is 0 Å². The van der Waals surface area contributed by atoms with Crippen LogP contribution in [-0.4, -0.2) is 49.5 Å². The predicted octanol–water partition coefficient (Wildman–Crippen LogP) is 0.163. The second kappa shape index (κ2) is 5.67. The quantitative estimate of drug-likeness (QED) is 0.749. The first-order valence-corrected chi connectivity index (χ1v) is 6.34. The molecule has 102 valence electrons. The van der Waals surface area contributed by atoms with Crippen LogP contribution in [0, 0.1) is 5.41 Å². The first kappa shape index (κ1) is 13.3. The molecule has 2 rings (SSSR count). The summed E-state index contributed by atoms with van der Waals surface area (Å²) in [5.41, 5.74) is -0.882. The lowest BCUT2D eigenvalue weighted by Gasteiger charge is -2.33. The molecule has 18 heavy (non-hydrogen) atoms. The van der Waals surface area contributed by atoms with E-state index >= 15 is 0 Å². The van der Waals surface area contributed by atoms with Crippen LogP contribution >= 0.6 is 0 Å². The van der Waals surface area contributed by atoms with Crippen molar-refractivity contribution in [3.8, 4) is 0 Å². The fourth-order valence-corrected chi connectivity index (χ4v) is 2.38. The third-order valence-electron chi connectivity index (χ3n) is 3.73. The number of carboxylic acids is 1. The fourth-order valence-electron chi connectivity index (χ4n) is 2.38. The number of hydrogen-bond acceptors (Lipinski definition) is 4. The standard InChI is InChI=1S/C12H19NO5/c14-10(9-2-1-5-18-9)13-8-12(11(15)16)3-6-17-7-4-12/h9H,1-8H2,(H,13,14)(H,15,16)/t9-/m1/s1. The molecular formula is C12H19NO5. The summed E-state index contributed by atoms with van der Waals surface area (Å²) in [6, 6.07) is 0. The highest BCUT2D eigenvalue weighted by molar-refractivity contribution is 5.82. The van der Waals surface area contributed by atoms with E-state index in [0.29, 0.717) is 32.7 Å². The van der Waals surface area contributed by atoms with Crippen LogP contribution in [0.4, 0.5) is 0 Å². The summed E-state index contributed by atoms with van der Waals surface area (Å²) in [4.78, 5) is 23.2. The zero-order valence-corrected chi connectivity index (χ0v) is 10.3. The van der Waals surface area contributed by atoms with Crippen molar-refractivity contribution in [2.24, 2.45) is 5.41 Å². The van der Waals surface area contributed by atoms with E-state index in [1.165, 1.54) is 0 Å². The van der Waals surface area contributed by atoms with Crippen molar-refractivity contribution in [1.82, 2.24) is 5.32 Å². The van der Waals surface area contributed by atoms with Crippen LogP contribution in [0.1, 0.15) is 25.7 Å². The molecule has 0 bridgehead atoms. The van der Waals surface area contributed by atoms with E-state index in [9.17, 15) is 14.7 Å². The summed E-state index contributed by atoms with van der Waals surface area (Å²) in [5, 5.41) is 12.0. The van der Waals surface area contributed by atoms with Gasteiger partial charge in [0.05, 0.1) is 5.41 Å². The third kappa shape index (κ3) is 2.81. The van der Waals surface area contributed by atoms with E-state index in [0.717, 1.165) is 12.8 Å². The number of carboxylic acid groups (broad SMARTS) is 1. The highest BCUT2D eigenvalue weighted by Gasteiger charge is 2.41. The van der Waals surface area contributed by atoms with Gasteiger partial charge in [0.1, 0.15) is 6.10 Å². The summed E-state index contributed by atoms with van der Waals surface area (Å²) >= 11 is 0.